The first-order valence-electron chi connectivity index (χ1n) is 15.4. The minimum Gasteiger partial charge on any atom is -0.382 e. The van der Waals surface area contributed by atoms with Crippen molar-refractivity contribution in [1.29, 1.82) is 0 Å². The number of fused-ring (bicyclic) bond motifs is 1. The summed E-state index contributed by atoms with van der Waals surface area (Å²) in [6.07, 6.45) is 7.00. The summed E-state index contributed by atoms with van der Waals surface area (Å²) in [6, 6.07) is 17.0. The second kappa shape index (κ2) is 14.9. The molecule has 45 heavy (non-hydrogen) atoms. The van der Waals surface area contributed by atoms with Crippen LogP contribution in [0.2, 0.25) is 0 Å². The molecule has 1 saturated carbocycles. The number of likely N-dealkylation sites (N-methyl/N-ethyl adjacent to an activating group) is 1. The summed E-state index contributed by atoms with van der Waals surface area (Å²) in [5, 5.41) is 15.9. The fourth-order valence-corrected chi connectivity index (χ4v) is 5.79. The zero-order chi connectivity index (χ0) is 32.6. The lowest BCUT2D eigenvalue weighted by Crippen LogP contribution is -2.48. The minimum absolute atomic E-state index is 0.0431. The number of hydrogen-bond acceptors (Lipinski definition) is 6. The number of aromatic nitrogens is 2. The Balaban J connectivity index is 0.000000210. The number of anilines is 2. The number of carbonyl (C=O) groups excluding carboxylic acids is 3. The van der Waals surface area contributed by atoms with Gasteiger partial charge in [0.15, 0.2) is 5.82 Å². The number of rotatable bonds is 8. The van der Waals surface area contributed by atoms with E-state index in [-0.39, 0.29) is 23.9 Å². The molecule has 4 amide bonds. The van der Waals surface area contributed by atoms with E-state index in [1.807, 2.05) is 58.3 Å². The van der Waals surface area contributed by atoms with Crippen LogP contribution >= 0.6 is 0 Å². The molecule has 0 bridgehead atoms. The molecule has 5 rings (SSSR count). The number of nitrogen functional groups attached to an aromatic ring is 1. The van der Waals surface area contributed by atoms with Crippen molar-refractivity contribution in [3.63, 3.8) is 0 Å². The number of aromatic amines is 1. The van der Waals surface area contributed by atoms with Gasteiger partial charge in [-0.25, -0.2) is 4.79 Å². The standard InChI is InChI=1S/C18H26N6O.C16H20N2O2/c1-18(2)15-13(16(19)22-21-15)10-24(18)17(25)20-14(11-23(3)4)12-8-6-5-7-9-12;1-2-15(19)17-14-10-8-12(9-11-14)16(20)18-13-6-4-3-5-7-13/h5-9,14H,10-11H2,1-4H3,(H,20,25)(H3,19,21,22);2,8-11,13H,1,3-7H2,(H,17,19)(H,18,20). The zero-order valence-electron chi connectivity index (χ0n) is 26.7. The molecule has 6 N–H and O–H groups in total. The number of nitrogens with one attached hydrogen (secondary N) is 4. The summed E-state index contributed by atoms with van der Waals surface area (Å²) in [5.74, 6) is 0.161. The summed E-state index contributed by atoms with van der Waals surface area (Å²) in [7, 11) is 4.00. The second-order valence-electron chi connectivity index (χ2n) is 12.4. The Labute approximate surface area is 265 Å². The molecule has 2 aliphatic rings. The number of urea groups is 1. The van der Waals surface area contributed by atoms with Crippen LogP contribution in [0.5, 0.6) is 0 Å². The first-order chi connectivity index (χ1) is 21.5. The Morgan fingerprint density at radius 3 is 2.36 bits per heavy atom. The number of nitrogens with two attached hydrogens (primary N) is 1. The second-order valence-corrected chi connectivity index (χ2v) is 12.4. The molecule has 1 aromatic heterocycles. The lowest BCUT2D eigenvalue weighted by molar-refractivity contribution is -0.111. The highest BCUT2D eigenvalue weighted by atomic mass is 16.2. The van der Waals surface area contributed by atoms with E-state index in [9.17, 15) is 14.4 Å². The summed E-state index contributed by atoms with van der Waals surface area (Å²) in [4.78, 5) is 40.1. The lowest BCUT2D eigenvalue weighted by Gasteiger charge is -2.34. The molecular weight excluding hydrogens is 568 g/mol. The van der Waals surface area contributed by atoms with E-state index in [0.29, 0.717) is 29.7 Å². The van der Waals surface area contributed by atoms with Gasteiger partial charge in [-0.3, -0.25) is 14.7 Å². The van der Waals surface area contributed by atoms with Crippen LogP contribution in [0.1, 0.15) is 79.2 Å². The molecular formula is C34H46N8O3. The summed E-state index contributed by atoms with van der Waals surface area (Å²) in [5.41, 5.74) is 9.62. The van der Waals surface area contributed by atoms with E-state index in [2.05, 4.69) is 37.6 Å². The van der Waals surface area contributed by atoms with Crippen molar-refractivity contribution in [2.45, 2.75) is 70.1 Å². The van der Waals surface area contributed by atoms with Gasteiger partial charge in [0.1, 0.15) is 0 Å². The number of nitrogens with zero attached hydrogens (tertiary/aromatic N) is 3. The molecule has 11 heteroatoms. The Morgan fingerprint density at radius 1 is 1.09 bits per heavy atom. The molecule has 0 spiro atoms. The van der Waals surface area contributed by atoms with E-state index in [4.69, 9.17) is 5.73 Å². The molecule has 1 aliphatic heterocycles. The Kier molecular flexibility index (Phi) is 11.0. The molecule has 11 nitrogen and oxygen atoms in total. The van der Waals surface area contributed by atoms with Crippen LogP contribution in [0.25, 0.3) is 0 Å². The van der Waals surface area contributed by atoms with Gasteiger partial charge in [0, 0.05) is 29.4 Å². The molecule has 1 fully saturated rings. The van der Waals surface area contributed by atoms with Gasteiger partial charge in [0.25, 0.3) is 5.91 Å². The Hall–Kier alpha value is -4.64. The van der Waals surface area contributed by atoms with E-state index < -0.39 is 5.54 Å². The third kappa shape index (κ3) is 8.51. The highest BCUT2D eigenvalue weighted by molar-refractivity contribution is 5.99. The largest absolute Gasteiger partial charge is 0.382 e. The minimum atomic E-state index is -0.483. The van der Waals surface area contributed by atoms with Gasteiger partial charge in [0.05, 0.1) is 23.8 Å². The predicted octanol–water partition coefficient (Wildman–Crippen LogP) is 4.93. The number of benzene rings is 2. The predicted molar refractivity (Wildman–Crippen MR) is 177 cm³/mol. The van der Waals surface area contributed by atoms with E-state index in [1.54, 1.807) is 29.2 Å². The molecule has 0 radical (unpaired) electrons. The van der Waals surface area contributed by atoms with Crippen LogP contribution in [0.15, 0.2) is 67.3 Å². The summed E-state index contributed by atoms with van der Waals surface area (Å²) < 4.78 is 0. The third-order valence-electron chi connectivity index (χ3n) is 8.33. The van der Waals surface area contributed by atoms with E-state index in [0.717, 1.165) is 36.2 Å². The van der Waals surface area contributed by atoms with Crippen molar-refractivity contribution in [3.8, 4) is 0 Å². The first kappa shape index (κ1) is 33.3. The lowest BCUT2D eigenvalue weighted by atomic mass is 9.95. The van der Waals surface area contributed by atoms with Crippen LogP contribution in [-0.4, -0.2) is 64.5 Å². The maximum Gasteiger partial charge on any atom is 0.319 e. The Bertz CT molecular complexity index is 1460. The zero-order valence-corrected chi connectivity index (χ0v) is 26.7. The molecule has 2 aromatic carbocycles. The topological polar surface area (TPSA) is 148 Å². The Morgan fingerprint density at radius 2 is 1.76 bits per heavy atom. The van der Waals surface area contributed by atoms with Crippen LogP contribution in [0, 0.1) is 0 Å². The highest BCUT2D eigenvalue weighted by Crippen LogP contribution is 2.39. The van der Waals surface area contributed by atoms with Gasteiger partial charge in [-0.15, -0.1) is 0 Å². The number of carbonyl (C=O) groups is 3. The SMILES string of the molecule is C=CC(=O)Nc1ccc(C(=O)NC2CCCCC2)cc1.CN(C)CC(NC(=O)N1Cc2c(N)n[nH]c2C1(C)C)c1ccccc1. The number of hydrogen-bond donors (Lipinski definition) is 5. The average molecular weight is 615 g/mol. The summed E-state index contributed by atoms with van der Waals surface area (Å²) in [6.45, 7) is 8.57. The quantitative estimate of drug-likeness (QED) is 0.227. The fraction of sp³-hybridized carbons (Fsp3) is 0.412. The first-order valence-corrected chi connectivity index (χ1v) is 15.4. The van der Waals surface area contributed by atoms with Crippen molar-refractivity contribution in [3.05, 3.63) is 89.6 Å². The fourth-order valence-electron chi connectivity index (χ4n) is 5.79. The van der Waals surface area contributed by atoms with E-state index in [1.165, 1.54) is 25.3 Å². The maximum atomic E-state index is 13.0. The molecule has 1 unspecified atom stereocenters. The smallest absolute Gasteiger partial charge is 0.319 e. The van der Waals surface area contributed by atoms with E-state index >= 15 is 0 Å². The molecule has 1 atom stereocenters. The average Bonchev–Trinajstić information content (AvgIpc) is 3.54. The molecule has 240 valence electrons. The summed E-state index contributed by atoms with van der Waals surface area (Å²) >= 11 is 0. The van der Waals surface area contributed by atoms with Crippen molar-refractivity contribution in [2.24, 2.45) is 0 Å². The molecule has 3 aromatic rings. The number of amides is 4. The maximum absolute atomic E-state index is 13.0. The van der Waals surface area contributed by atoms with Gasteiger partial charge in [-0.05, 0) is 76.7 Å². The van der Waals surface area contributed by atoms with Crippen molar-refractivity contribution in [1.82, 2.24) is 30.6 Å². The van der Waals surface area contributed by atoms with Crippen LogP contribution < -0.4 is 21.7 Å². The van der Waals surface area contributed by atoms with Crippen molar-refractivity contribution in [2.75, 3.05) is 31.7 Å². The normalized spacial score (nSPS) is 16.2. The van der Waals surface area contributed by atoms with Crippen LogP contribution in [-0.2, 0) is 16.9 Å². The van der Waals surface area contributed by atoms with Crippen LogP contribution in [0.4, 0.5) is 16.3 Å². The third-order valence-corrected chi connectivity index (χ3v) is 8.33. The van der Waals surface area contributed by atoms with Crippen LogP contribution in [0.3, 0.4) is 0 Å². The number of H-pyrrole nitrogens is 1. The van der Waals surface area contributed by atoms with Gasteiger partial charge in [-0.2, -0.15) is 5.10 Å². The monoisotopic (exact) mass is 614 g/mol. The molecule has 0 saturated heterocycles. The van der Waals surface area contributed by atoms with Crippen molar-refractivity contribution < 1.29 is 14.4 Å². The van der Waals surface area contributed by atoms with Gasteiger partial charge >= 0.3 is 6.03 Å². The highest BCUT2D eigenvalue weighted by Gasteiger charge is 2.43. The van der Waals surface area contributed by atoms with Crippen molar-refractivity contribution >= 4 is 29.4 Å². The molecule has 2 heterocycles. The van der Waals surface area contributed by atoms with Gasteiger partial charge in [-0.1, -0.05) is 56.2 Å². The van der Waals surface area contributed by atoms with Gasteiger partial charge < -0.3 is 31.5 Å². The van der Waals surface area contributed by atoms with Gasteiger partial charge in [0.2, 0.25) is 5.91 Å². The molecule has 1 aliphatic carbocycles.